The number of carbonyl (C=O) groups is 1. The van der Waals surface area contributed by atoms with Gasteiger partial charge in [0.15, 0.2) is 0 Å². The van der Waals surface area contributed by atoms with Gasteiger partial charge in [0.2, 0.25) is 0 Å². The molecule has 25 heavy (non-hydrogen) atoms. The molecule has 0 aliphatic carbocycles. The van der Waals surface area contributed by atoms with E-state index in [-0.39, 0.29) is 5.91 Å². The highest BCUT2D eigenvalue weighted by Gasteiger charge is 2.27. The van der Waals surface area contributed by atoms with Crippen LogP contribution in [-0.4, -0.2) is 67.5 Å². The van der Waals surface area contributed by atoms with Crippen LogP contribution >= 0.6 is 0 Å². The highest BCUT2D eigenvalue weighted by Crippen LogP contribution is 2.23. The first kappa shape index (κ1) is 18.2. The highest BCUT2D eigenvalue weighted by atomic mass is 16.2. The van der Waals surface area contributed by atoms with Gasteiger partial charge in [-0.2, -0.15) is 0 Å². The molecule has 138 valence electrons. The summed E-state index contributed by atoms with van der Waals surface area (Å²) in [6, 6.07) is 3.82. The first-order chi connectivity index (χ1) is 12.0. The average Bonchev–Trinajstić information content (AvgIpc) is 2.63. The fourth-order valence-corrected chi connectivity index (χ4v) is 3.97. The number of aromatic nitrogens is 1. The van der Waals surface area contributed by atoms with E-state index in [1.807, 2.05) is 36.0 Å². The zero-order chi connectivity index (χ0) is 17.8. The van der Waals surface area contributed by atoms with Gasteiger partial charge in [0.25, 0.3) is 5.91 Å². The average molecular weight is 345 g/mol. The van der Waals surface area contributed by atoms with Crippen molar-refractivity contribution >= 4 is 11.7 Å². The molecule has 3 heterocycles. The van der Waals surface area contributed by atoms with E-state index in [4.69, 9.17) is 0 Å². The first-order valence-electron chi connectivity index (χ1n) is 9.68. The van der Waals surface area contributed by atoms with Crippen LogP contribution in [0.5, 0.6) is 0 Å². The minimum absolute atomic E-state index is 0.134. The quantitative estimate of drug-likeness (QED) is 0.842. The molecule has 0 N–H and O–H groups in total. The summed E-state index contributed by atoms with van der Waals surface area (Å²) in [7, 11) is 3.92. The minimum Gasteiger partial charge on any atom is -0.363 e. The van der Waals surface area contributed by atoms with Crippen molar-refractivity contribution in [1.29, 1.82) is 0 Å². The monoisotopic (exact) mass is 344 g/mol. The number of amides is 1. The number of hydrogen-bond acceptors (Lipinski definition) is 4. The maximum Gasteiger partial charge on any atom is 0.255 e. The van der Waals surface area contributed by atoms with Crippen LogP contribution in [-0.2, 0) is 0 Å². The molecule has 0 saturated carbocycles. The molecule has 1 aromatic heterocycles. The number of carbonyl (C=O) groups excluding carboxylic acids is 1. The highest BCUT2D eigenvalue weighted by molar-refractivity contribution is 5.94. The molecule has 0 radical (unpaired) electrons. The van der Waals surface area contributed by atoms with Gasteiger partial charge in [-0.3, -0.25) is 4.79 Å². The Kier molecular flexibility index (Phi) is 5.94. The maximum absolute atomic E-state index is 12.8. The second-order valence-electron chi connectivity index (χ2n) is 8.04. The molecule has 1 atom stereocenters. The molecule has 0 bridgehead atoms. The molecule has 1 amide bonds. The van der Waals surface area contributed by atoms with Crippen molar-refractivity contribution in [2.45, 2.75) is 32.6 Å². The van der Waals surface area contributed by atoms with E-state index in [0.29, 0.717) is 11.5 Å². The third-order valence-corrected chi connectivity index (χ3v) is 5.65. The molecule has 2 aliphatic rings. The number of hydrogen-bond donors (Lipinski definition) is 0. The Morgan fingerprint density at radius 1 is 1.20 bits per heavy atom. The van der Waals surface area contributed by atoms with Crippen LogP contribution < -0.4 is 4.90 Å². The van der Waals surface area contributed by atoms with E-state index < -0.39 is 0 Å². The molecular formula is C20H32N4O. The van der Waals surface area contributed by atoms with Crippen LogP contribution in [0, 0.1) is 11.8 Å². The number of pyridine rings is 1. The summed E-state index contributed by atoms with van der Waals surface area (Å²) in [4.78, 5) is 23.8. The predicted octanol–water partition coefficient (Wildman–Crippen LogP) is 2.73. The zero-order valence-electron chi connectivity index (χ0n) is 15.9. The van der Waals surface area contributed by atoms with Crippen LogP contribution in [0.3, 0.4) is 0 Å². The summed E-state index contributed by atoms with van der Waals surface area (Å²) in [5, 5.41) is 0. The van der Waals surface area contributed by atoms with Crippen molar-refractivity contribution in [3.8, 4) is 0 Å². The van der Waals surface area contributed by atoms with Crippen molar-refractivity contribution in [3.05, 3.63) is 23.9 Å². The molecule has 2 saturated heterocycles. The van der Waals surface area contributed by atoms with Crippen molar-refractivity contribution in [1.82, 2.24) is 14.8 Å². The topological polar surface area (TPSA) is 39.7 Å². The Bertz CT molecular complexity index is 564. The molecule has 0 aromatic carbocycles. The lowest BCUT2D eigenvalue weighted by Crippen LogP contribution is -2.45. The summed E-state index contributed by atoms with van der Waals surface area (Å²) in [5.74, 6) is 2.50. The minimum atomic E-state index is 0.134. The Morgan fingerprint density at radius 2 is 1.96 bits per heavy atom. The van der Waals surface area contributed by atoms with Crippen LogP contribution in [0.15, 0.2) is 18.3 Å². The van der Waals surface area contributed by atoms with E-state index in [1.165, 1.54) is 32.4 Å². The van der Waals surface area contributed by atoms with Crippen molar-refractivity contribution in [3.63, 3.8) is 0 Å². The Labute approximate surface area is 152 Å². The van der Waals surface area contributed by atoms with Gasteiger partial charge < -0.3 is 14.7 Å². The van der Waals surface area contributed by atoms with Gasteiger partial charge in [-0.1, -0.05) is 6.92 Å². The second kappa shape index (κ2) is 8.17. The fraction of sp³-hybridized carbons (Fsp3) is 0.700. The third kappa shape index (κ3) is 4.72. The summed E-state index contributed by atoms with van der Waals surface area (Å²) in [6.07, 6.45) is 6.71. The van der Waals surface area contributed by atoms with Crippen LogP contribution in [0.4, 0.5) is 5.82 Å². The lowest BCUT2D eigenvalue weighted by Gasteiger charge is -2.37. The number of anilines is 1. The van der Waals surface area contributed by atoms with Gasteiger partial charge in [-0.25, -0.2) is 4.98 Å². The van der Waals surface area contributed by atoms with Gasteiger partial charge in [-0.05, 0) is 62.7 Å². The van der Waals surface area contributed by atoms with Gasteiger partial charge >= 0.3 is 0 Å². The number of piperidine rings is 2. The maximum atomic E-state index is 12.8. The molecule has 0 spiro atoms. The lowest BCUT2D eigenvalue weighted by molar-refractivity contribution is 0.0622. The smallest absolute Gasteiger partial charge is 0.255 e. The SMILES string of the molecule is CC1CCN(C[C@@H]2CCCN(C(=O)c3ccc(N(C)C)nc3)C2)CC1. The summed E-state index contributed by atoms with van der Waals surface area (Å²) in [5.41, 5.74) is 0.707. The molecule has 3 rings (SSSR count). The van der Waals surface area contributed by atoms with Gasteiger partial charge in [0.05, 0.1) is 5.56 Å². The Hall–Kier alpha value is -1.62. The molecule has 5 heteroatoms. The molecule has 5 nitrogen and oxygen atoms in total. The molecular weight excluding hydrogens is 312 g/mol. The number of likely N-dealkylation sites (tertiary alicyclic amines) is 2. The van der Waals surface area contributed by atoms with Crippen LogP contribution in [0.2, 0.25) is 0 Å². The first-order valence-corrected chi connectivity index (χ1v) is 9.68. The largest absolute Gasteiger partial charge is 0.363 e. The number of rotatable bonds is 4. The summed E-state index contributed by atoms with van der Waals surface area (Å²) in [6.45, 7) is 7.72. The van der Waals surface area contributed by atoms with E-state index in [0.717, 1.165) is 37.8 Å². The predicted molar refractivity (Wildman–Crippen MR) is 102 cm³/mol. The van der Waals surface area contributed by atoms with Gasteiger partial charge in [0, 0.05) is 39.9 Å². The van der Waals surface area contributed by atoms with E-state index in [9.17, 15) is 4.79 Å². The molecule has 2 aliphatic heterocycles. The van der Waals surface area contributed by atoms with Crippen LogP contribution in [0.1, 0.15) is 43.0 Å². The zero-order valence-corrected chi connectivity index (χ0v) is 15.9. The van der Waals surface area contributed by atoms with Crippen molar-refractivity contribution < 1.29 is 4.79 Å². The molecule has 0 unspecified atom stereocenters. The summed E-state index contributed by atoms with van der Waals surface area (Å²) < 4.78 is 0. The molecule has 1 aromatic rings. The van der Waals surface area contributed by atoms with Crippen molar-refractivity contribution in [2.24, 2.45) is 11.8 Å². The third-order valence-electron chi connectivity index (χ3n) is 5.65. The molecule has 2 fully saturated rings. The van der Waals surface area contributed by atoms with Crippen molar-refractivity contribution in [2.75, 3.05) is 51.7 Å². The van der Waals surface area contributed by atoms with Gasteiger partial charge in [-0.15, -0.1) is 0 Å². The Balaban J connectivity index is 1.56. The second-order valence-corrected chi connectivity index (χ2v) is 8.04. The Morgan fingerprint density at radius 3 is 2.60 bits per heavy atom. The fourth-order valence-electron chi connectivity index (χ4n) is 3.97. The van der Waals surface area contributed by atoms with E-state index in [1.54, 1.807) is 6.20 Å². The standard InChI is InChI=1S/C20H32N4O/c1-16-8-11-23(12-9-16)14-17-5-4-10-24(15-17)20(25)18-6-7-19(21-13-18)22(2)3/h6-7,13,16-17H,4-5,8-12,14-15H2,1-3H3/t17-/m0/s1. The van der Waals surface area contributed by atoms with Gasteiger partial charge in [0.1, 0.15) is 5.82 Å². The summed E-state index contributed by atoms with van der Waals surface area (Å²) >= 11 is 0. The van der Waals surface area contributed by atoms with Crippen LogP contribution in [0.25, 0.3) is 0 Å². The lowest BCUT2D eigenvalue weighted by atomic mass is 9.94. The van der Waals surface area contributed by atoms with E-state index >= 15 is 0 Å². The van der Waals surface area contributed by atoms with E-state index in [2.05, 4.69) is 16.8 Å². The number of nitrogens with zero attached hydrogens (tertiary/aromatic N) is 4. The normalized spacial score (nSPS) is 22.8.